The third kappa shape index (κ3) is 3.45. The van der Waals surface area contributed by atoms with Gasteiger partial charge in [-0.15, -0.1) is 0 Å². The van der Waals surface area contributed by atoms with E-state index < -0.39 is 10.0 Å². The lowest BCUT2D eigenvalue weighted by Gasteiger charge is -2.21. The summed E-state index contributed by atoms with van der Waals surface area (Å²) in [6, 6.07) is 3.15. The first-order valence-electron chi connectivity index (χ1n) is 6.72. The molecule has 5 nitrogen and oxygen atoms in total. The molecule has 6 heteroatoms. The fraction of sp³-hybridized carbons (Fsp3) is 0.615. The second kappa shape index (κ2) is 5.88. The Hall–Kier alpha value is -1.14. The summed E-state index contributed by atoms with van der Waals surface area (Å²) in [7, 11) is -1.67. The Balaban J connectivity index is 2.25. The van der Waals surface area contributed by atoms with Gasteiger partial charge in [-0.25, -0.2) is 13.4 Å². The molecule has 1 aliphatic rings. The highest BCUT2D eigenvalue weighted by Gasteiger charge is 2.31. The minimum atomic E-state index is -3.40. The second-order valence-electron chi connectivity index (χ2n) is 4.93. The van der Waals surface area contributed by atoms with E-state index in [2.05, 4.69) is 10.3 Å². The molecule has 0 aliphatic heterocycles. The molecule has 1 heterocycles. The summed E-state index contributed by atoms with van der Waals surface area (Å²) < 4.78 is 26.9. The highest BCUT2D eigenvalue weighted by molar-refractivity contribution is 7.89. The first kappa shape index (κ1) is 14.3. The van der Waals surface area contributed by atoms with Gasteiger partial charge in [0, 0.05) is 32.4 Å². The van der Waals surface area contributed by atoms with Gasteiger partial charge in [-0.3, -0.25) is 0 Å². The molecule has 0 radical (unpaired) electrons. The summed E-state index contributed by atoms with van der Waals surface area (Å²) in [5.74, 6) is 1.12. The molecule has 1 N–H and O–H groups in total. The van der Waals surface area contributed by atoms with Crippen LogP contribution in [0, 0.1) is 5.92 Å². The van der Waals surface area contributed by atoms with E-state index in [9.17, 15) is 8.42 Å². The van der Waals surface area contributed by atoms with Crippen molar-refractivity contribution >= 4 is 15.8 Å². The molecule has 0 bridgehead atoms. The number of nitrogens with one attached hydrogen (secondary N) is 1. The number of hydrogen-bond acceptors (Lipinski definition) is 4. The summed E-state index contributed by atoms with van der Waals surface area (Å²) in [6.07, 6.45) is 4.65. The number of aromatic nitrogens is 1. The molecule has 2 rings (SSSR count). The van der Waals surface area contributed by atoms with Crippen LogP contribution < -0.4 is 5.32 Å². The maximum absolute atomic E-state index is 12.6. The van der Waals surface area contributed by atoms with Crippen LogP contribution in [-0.2, 0) is 10.0 Å². The van der Waals surface area contributed by atoms with E-state index in [0.717, 1.165) is 19.3 Å². The Morgan fingerprint density at radius 2 is 2.21 bits per heavy atom. The largest absolute Gasteiger partial charge is 0.373 e. The summed E-state index contributed by atoms with van der Waals surface area (Å²) in [5.41, 5.74) is 0. The van der Waals surface area contributed by atoms with Crippen molar-refractivity contribution in [2.45, 2.75) is 31.1 Å². The van der Waals surface area contributed by atoms with Crippen LogP contribution in [0.5, 0.6) is 0 Å². The smallest absolute Gasteiger partial charge is 0.243 e. The zero-order valence-electron chi connectivity index (χ0n) is 11.5. The molecule has 0 amide bonds. The Morgan fingerprint density at radius 1 is 1.47 bits per heavy atom. The van der Waals surface area contributed by atoms with Crippen molar-refractivity contribution in [1.29, 1.82) is 0 Å². The van der Waals surface area contributed by atoms with E-state index in [-0.39, 0.29) is 0 Å². The third-order valence-electron chi connectivity index (χ3n) is 3.26. The number of nitrogens with zero attached hydrogens (tertiary/aromatic N) is 2. The molecular weight excluding hydrogens is 262 g/mol. The van der Waals surface area contributed by atoms with Crippen molar-refractivity contribution in [3.05, 3.63) is 18.3 Å². The van der Waals surface area contributed by atoms with E-state index in [4.69, 9.17) is 0 Å². The quantitative estimate of drug-likeness (QED) is 0.830. The van der Waals surface area contributed by atoms with Crippen molar-refractivity contribution in [1.82, 2.24) is 9.29 Å². The Bertz CT molecular complexity index is 526. The molecule has 1 fully saturated rings. The molecular formula is C13H21N3O2S. The highest BCUT2D eigenvalue weighted by Crippen LogP contribution is 2.31. The van der Waals surface area contributed by atoms with E-state index >= 15 is 0 Å². The molecule has 0 saturated heterocycles. The van der Waals surface area contributed by atoms with Crippen LogP contribution in [0.3, 0.4) is 0 Å². The Morgan fingerprint density at radius 3 is 2.79 bits per heavy atom. The van der Waals surface area contributed by atoms with Gasteiger partial charge in [0.2, 0.25) is 10.0 Å². The lowest BCUT2D eigenvalue weighted by atomic mass is 10.4. The molecule has 0 aromatic carbocycles. The van der Waals surface area contributed by atoms with Gasteiger partial charge >= 0.3 is 0 Å². The molecule has 1 saturated carbocycles. The Labute approximate surface area is 115 Å². The molecule has 1 aliphatic carbocycles. The van der Waals surface area contributed by atoms with Gasteiger partial charge in [-0.2, -0.15) is 4.31 Å². The van der Waals surface area contributed by atoms with Crippen LogP contribution in [0.15, 0.2) is 23.2 Å². The van der Waals surface area contributed by atoms with Crippen molar-refractivity contribution in [2.75, 3.05) is 25.5 Å². The maximum atomic E-state index is 12.6. The number of anilines is 1. The third-order valence-corrected chi connectivity index (χ3v) is 5.12. The first-order valence-corrected chi connectivity index (χ1v) is 8.16. The van der Waals surface area contributed by atoms with Crippen LogP contribution in [0.2, 0.25) is 0 Å². The summed E-state index contributed by atoms with van der Waals surface area (Å²) in [6.45, 7) is 3.23. The van der Waals surface area contributed by atoms with Crippen LogP contribution in [0.4, 0.5) is 5.82 Å². The van der Waals surface area contributed by atoms with Gasteiger partial charge < -0.3 is 5.32 Å². The molecule has 106 valence electrons. The van der Waals surface area contributed by atoms with Gasteiger partial charge in [0.05, 0.1) is 4.90 Å². The summed E-state index contributed by atoms with van der Waals surface area (Å²) >= 11 is 0. The van der Waals surface area contributed by atoms with Crippen molar-refractivity contribution in [3.63, 3.8) is 0 Å². The molecule has 0 unspecified atom stereocenters. The minimum Gasteiger partial charge on any atom is -0.373 e. The number of hydrogen-bond donors (Lipinski definition) is 1. The van der Waals surface area contributed by atoms with E-state index in [1.54, 1.807) is 23.5 Å². The van der Waals surface area contributed by atoms with Crippen molar-refractivity contribution < 1.29 is 8.42 Å². The van der Waals surface area contributed by atoms with Gasteiger partial charge in [0.1, 0.15) is 5.82 Å². The predicted octanol–water partition coefficient (Wildman–Crippen LogP) is 1.93. The molecule has 0 spiro atoms. The van der Waals surface area contributed by atoms with Crippen LogP contribution in [0.25, 0.3) is 0 Å². The second-order valence-corrected chi connectivity index (χ2v) is 6.87. The van der Waals surface area contributed by atoms with Crippen LogP contribution in [0.1, 0.15) is 26.2 Å². The topological polar surface area (TPSA) is 62.3 Å². The van der Waals surface area contributed by atoms with Crippen LogP contribution >= 0.6 is 0 Å². The fourth-order valence-electron chi connectivity index (χ4n) is 2.00. The van der Waals surface area contributed by atoms with Crippen molar-refractivity contribution in [2.24, 2.45) is 5.92 Å². The van der Waals surface area contributed by atoms with Gasteiger partial charge in [-0.05, 0) is 31.2 Å². The summed E-state index contributed by atoms with van der Waals surface area (Å²) in [4.78, 5) is 4.38. The lowest BCUT2D eigenvalue weighted by molar-refractivity contribution is 0.395. The van der Waals surface area contributed by atoms with Crippen LogP contribution in [-0.4, -0.2) is 37.8 Å². The standard InChI is InChI=1S/C13H21N3O2S/c1-3-8-16(10-11-4-5-11)19(17,18)12-6-7-15-13(9-12)14-2/h6-7,9,11H,3-5,8,10H2,1-2H3,(H,14,15). The SMILES string of the molecule is CCCN(CC1CC1)S(=O)(=O)c1ccnc(NC)c1. The fourth-order valence-corrected chi connectivity index (χ4v) is 3.63. The average molecular weight is 283 g/mol. The predicted molar refractivity (Wildman–Crippen MR) is 75.6 cm³/mol. The molecule has 1 aromatic heterocycles. The van der Waals surface area contributed by atoms with E-state index in [1.165, 1.54) is 6.20 Å². The van der Waals surface area contributed by atoms with Gasteiger partial charge in [0.15, 0.2) is 0 Å². The zero-order chi connectivity index (χ0) is 13.9. The van der Waals surface area contributed by atoms with Gasteiger partial charge in [0.25, 0.3) is 0 Å². The maximum Gasteiger partial charge on any atom is 0.243 e. The van der Waals surface area contributed by atoms with Crippen molar-refractivity contribution in [3.8, 4) is 0 Å². The molecule has 0 atom stereocenters. The average Bonchev–Trinajstić information content (AvgIpc) is 3.22. The monoisotopic (exact) mass is 283 g/mol. The van der Waals surface area contributed by atoms with E-state index in [0.29, 0.717) is 29.7 Å². The normalized spacial score (nSPS) is 15.7. The highest BCUT2D eigenvalue weighted by atomic mass is 32.2. The Kier molecular flexibility index (Phi) is 4.42. The summed E-state index contributed by atoms with van der Waals surface area (Å²) in [5, 5.41) is 2.87. The van der Waals surface area contributed by atoms with Gasteiger partial charge in [-0.1, -0.05) is 6.92 Å². The number of sulfonamides is 1. The molecule has 1 aromatic rings. The lowest BCUT2D eigenvalue weighted by Crippen LogP contribution is -2.33. The van der Waals surface area contributed by atoms with E-state index in [1.807, 2.05) is 6.92 Å². The first-order chi connectivity index (χ1) is 9.07. The number of rotatable bonds is 7. The zero-order valence-corrected chi connectivity index (χ0v) is 12.3. The molecule has 19 heavy (non-hydrogen) atoms. The number of pyridine rings is 1. The minimum absolute atomic E-state index is 0.320.